The summed E-state index contributed by atoms with van der Waals surface area (Å²) in [7, 11) is 0. The fourth-order valence-electron chi connectivity index (χ4n) is 3.76. The van der Waals surface area contributed by atoms with Crippen LogP contribution < -0.4 is 5.32 Å². The van der Waals surface area contributed by atoms with E-state index in [0.29, 0.717) is 24.2 Å². The van der Waals surface area contributed by atoms with Gasteiger partial charge in [0, 0.05) is 26.1 Å². The van der Waals surface area contributed by atoms with Crippen LogP contribution in [0.1, 0.15) is 38.3 Å². The van der Waals surface area contributed by atoms with Crippen LogP contribution in [-0.2, 0) is 22.6 Å². The van der Waals surface area contributed by atoms with E-state index in [4.69, 9.17) is 0 Å². The molecule has 0 saturated carbocycles. The molecule has 0 radical (unpaired) electrons. The van der Waals surface area contributed by atoms with Gasteiger partial charge in [0.25, 0.3) is 11.8 Å². The van der Waals surface area contributed by atoms with Crippen molar-refractivity contribution in [2.24, 2.45) is 0 Å². The molecule has 0 unspecified atom stereocenters. The van der Waals surface area contributed by atoms with E-state index in [-0.39, 0.29) is 25.4 Å². The molecule has 0 bridgehead atoms. The number of imide groups is 1. The number of fused-ring (bicyclic) bond motifs is 2. The zero-order valence-corrected chi connectivity index (χ0v) is 15.9. The quantitative estimate of drug-likeness (QED) is 0.780. The maximum absolute atomic E-state index is 12.4. The van der Waals surface area contributed by atoms with Crippen molar-refractivity contribution in [1.29, 1.82) is 0 Å². The summed E-state index contributed by atoms with van der Waals surface area (Å²) in [5, 5.41) is 2.63. The molecule has 7 heteroatoms. The third-order valence-electron chi connectivity index (χ3n) is 5.32. The van der Waals surface area contributed by atoms with Crippen molar-refractivity contribution < 1.29 is 19.2 Å². The molecule has 0 spiro atoms. The van der Waals surface area contributed by atoms with E-state index >= 15 is 0 Å². The van der Waals surface area contributed by atoms with E-state index in [1.54, 1.807) is 29.2 Å². The van der Waals surface area contributed by atoms with Crippen LogP contribution in [-0.4, -0.2) is 53.1 Å². The number of carbonyl (C=O) groups is 4. The van der Waals surface area contributed by atoms with Crippen molar-refractivity contribution in [3.05, 3.63) is 70.8 Å². The molecule has 2 aromatic rings. The summed E-state index contributed by atoms with van der Waals surface area (Å²) in [5.41, 5.74) is 3.05. The minimum Gasteiger partial charge on any atom is -0.354 e. The lowest BCUT2D eigenvalue weighted by Crippen LogP contribution is -2.42. The molecule has 2 aliphatic rings. The van der Waals surface area contributed by atoms with E-state index in [1.165, 1.54) is 5.56 Å². The molecule has 4 amide bonds. The highest BCUT2D eigenvalue weighted by Crippen LogP contribution is 2.22. The van der Waals surface area contributed by atoms with Gasteiger partial charge in [-0.3, -0.25) is 24.1 Å². The van der Waals surface area contributed by atoms with Crippen molar-refractivity contribution in [2.75, 3.05) is 19.6 Å². The summed E-state index contributed by atoms with van der Waals surface area (Å²) in [4.78, 5) is 51.9. The first-order valence-electron chi connectivity index (χ1n) is 9.61. The molecule has 29 heavy (non-hydrogen) atoms. The highest BCUT2D eigenvalue weighted by atomic mass is 16.2. The lowest BCUT2D eigenvalue weighted by molar-refractivity contribution is -0.132. The third kappa shape index (κ3) is 3.76. The number of benzene rings is 2. The molecule has 148 valence electrons. The number of nitrogens with one attached hydrogen (secondary N) is 1. The van der Waals surface area contributed by atoms with Crippen LogP contribution in [0.3, 0.4) is 0 Å². The molecular weight excluding hydrogens is 370 g/mol. The van der Waals surface area contributed by atoms with Gasteiger partial charge in [-0.05, 0) is 29.7 Å². The van der Waals surface area contributed by atoms with Gasteiger partial charge in [0.15, 0.2) is 0 Å². The van der Waals surface area contributed by atoms with E-state index in [2.05, 4.69) is 11.4 Å². The van der Waals surface area contributed by atoms with E-state index in [0.717, 1.165) is 16.9 Å². The maximum atomic E-state index is 12.4. The van der Waals surface area contributed by atoms with Gasteiger partial charge in [-0.25, -0.2) is 0 Å². The van der Waals surface area contributed by atoms with Crippen molar-refractivity contribution in [1.82, 2.24) is 15.1 Å². The SMILES string of the molecule is O=C(CN1C(=O)c2ccccc2C1=O)NCCC(=O)N1CCc2ccccc2C1. The second kappa shape index (κ2) is 7.87. The average molecular weight is 391 g/mol. The van der Waals surface area contributed by atoms with Gasteiger partial charge in [-0.1, -0.05) is 36.4 Å². The van der Waals surface area contributed by atoms with Gasteiger partial charge >= 0.3 is 0 Å². The monoisotopic (exact) mass is 391 g/mol. The highest BCUT2D eigenvalue weighted by molar-refractivity contribution is 6.22. The van der Waals surface area contributed by atoms with Gasteiger partial charge in [0.1, 0.15) is 6.54 Å². The number of carbonyl (C=O) groups excluding carboxylic acids is 4. The first-order chi connectivity index (χ1) is 14.0. The largest absolute Gasteiger partial charge is 0.354 e. The second-order valence-electron chi connectivity index (χ2n) is 7.18. The van der Waals surface area contributed by atoms with Crippen LogP contribution in [0.25, 0.3) is 0 Å². The second-order valence-corrected chi connectivity index (χ2v) is 7.18. The van der Waals surface area contributed by atoms with Crippen LogP contribution in [0.5, 0.6) is 0 Å². The summed E-state index contributed by atoms with van der Waals surface area (Å²) < 4.78 is 0. The zero-order chi connectivity index (χ0) is 20.4. The van der Waals surface area contributed by atoms with Gasteiger partial charge in [0.05, 0.1) is 11.1 Å². The average Bonchev–Trinajstić information content (AvgIpc) is 2.98. The number of nitrogens with zero attached hydrogens (tertiary/aromatic N) is 2. The fourth-order valence-corrected chi connectivity index (χ4v) is 3.76. The first kappa shape index (κ1) is 18.9. The Kier molecular flexibility index (Phi) is 5.12. The van der Waals surface area contributed by atoms with Crippen molar-refractivity contribution in [3.8, 4) is 0 Å². The van der Waals surface area contributed by atoms with Crippen molar-refractivity contribution >= 4 is 23.6 Å². The number of amides is 4. The topological polar surface area (TPSA) is 86.8 Å². The smallest absolute Gasteiger partial charge is 0.262 e. The molecule has 1 N–H and O–H groups in total. The lowest BCUT2D eigenvalue weighted by atomic mass is 10.00. The van der Waals surface area contributed by atoms with Crippen molar-refractivity contribution in [3.63, 3.8) is 0 Å². The molecule has 0 aliphatic carbocycles. The first-order valence-corrected chi connectivity index (χ1v) is 9.61. The number of hydrogen-bond acceptors (Lipinski definition) is 4. The highest BCUT2D eigenvalue weighted by Gasteiger charge is 2.36. The minimum absolute atomic E-state index is 0.0273. The summed E-state index contributed by atoms with van der Waals surface area (Å²) in [6.45, 7) is 1.06. The molecule has 0 saturated heterocycles. The predicted molar refractivity (Wildman–Crippen MR) is 105 cm³/mol. The maximum Gasteiger partial charge on any atom is 0.262 e. The summed E-state index contributed by atoms with van der Waals surface area (Å²) >= 11 is 0. The summed E-state index contributed by atoms with van der Waals surface area (Å²) in [5.74, 6) is -1.43. The van der Waals surface area contributed by atoms with E-state index in [9.17, 15) is 19.2 Å². The van der Waals surface area contributed by atoms with Gasteiger partial charge in [-0.2, -0.15) is 0 Å². The van der Waals surface area contributed by atoms with Crippen LogP contribution >= 0.6 is 0 Å². The van der Waals surface area contributed by atoms with Gasteiger partial charge in [-0.15, -0.1) is 0 Å². The molecule has 0 atom stereocenters. The van der Waals surface area contributed by atoms with E-state index < -0.39 is 17.7 Å². The summed E-state index contributed by atoms with van der Waals surface area (Å²) in [6.07, 6.45) is 1.00. The summed E-state index contributed by atoms with van der Waals surface area (Å²) in [6, 6.07) is 14.6. The Morgan fingerprint density at radius 1 is 0.897 bits per heavy atom. The van der Waals surface area contributed by atoms with Crippen LogP contribution in [0.15, 0.2) is 48.5 Å². The molecule has 0 aromatic heterocycles. The van der Waals surface area contributed by atoms with Gasteiger partial charge < -0.3 is 10.2 Å². The molecule has 7 nitrogen and oxygen atoms in total. The van der Waals surface area contributed by atoms with Crippen LogP contribution in [0, 0.1) is 0 Å². The Morgan fingerprint density at radius 2 is 1.52 bits per heavy atom. The Morgan fingerprint density at radius 3 is 2.21 bits per heavy atom. The Balaban J connectivity index is 1.25. The van der Waals surface area contributed by atoms with Crippen molar-refractivity contribution in [2.45, 2.75) is 19.4 Å². The van der Waals surface area contributed by atoms with Crippen LogP contribution in [0.2, 0.25) is 0 Å². The molecular formula is C22H21N3O4. The van der Waals surface area contributed by atoms with Gasteiger partial charge in [0.2, 0.25) is 11.8 Å². The van der Waals surface area contributed by atoms with Crippen LogP contribution in [0.4, 0.5) is 0 Å². The lowest BCUT2D eigenvalue weighted by Gasteiger charge is -2.29. The minimum atomic E-state index is -0.469. The molecule has 2 aromatic carbocycles. The Labute approximate surface area is 168 Å². The predicted octanol–water partition coefficient (Wildman–Crippen LogP) is 1.37. The fraction of sp³-hybridized carbons (Fsp3) is 0.273. The Bertz CT molecular complexity index is 966. The Hall–Kier alpha value is -3.48. The molecule has 4 rings (SSSR count). The standard InChI is InChI=1S/C22H21N3O4/c26-19(14-25-21(28)17-7-3-4-8-18(17)22(25)29)23-11-9-20(27)24-12-10-15-5-1-2-6-16(15)13-24/h1-8H,9-14H2,(H,23,26). The third-order valence-corrected chi connectivity index (χ3v) is 5.32. The molecule has 2 aliphatic heterocycles. The number of hydrogen-bond donors (Lipinski definition) is 1. The molecule has 2 heterocycles. The number of rotatable bonds is 5. The molecule has 0 fully saturated rings. The zero-order valence-electron chi connectivity index (χ0n) is 15.9. The van der Waals surface area contributed by atoms with E-state index in [1.807, 2.05) is 18.2 Å². The normalized spacial score (nSPS) is 15.2.